The summed E-state index contributed by atoms with van der Waals surface area (Å²) in [7, 11) is 3.33. The average Bonchev–Trinajstić information content (AvgIpc) is 2.72. The predicted molar refractivity (Wildman–Crippen MR) is 111 cm³/mol. The van der Waals surface area contributed by atoms with E-state index < -0.39 is 0 Å². The standard InChI is InChI=1S/C18H24ClN7O2/c1-5-10(2)18(27)26(4)14-9-23-11(7-24-14)12(6-20)28-13-8-25-17(21)16(22-3)15(13)19/h6-10,22H,5,20H2,1-4H3,(H2,21,25)/b12-6+. The molecule has 0 saturated carbocycles. The Morgan fingerprint density at radius 2 is 2.07 bits per heavy atom. The number of halogens is 1. The highest BCUT2D eigenvalue weighted by Gasteiger charge is 2.19. The van der Waals surface area contributed by atoms with Crippen molar-refractivity contribution in [1.29, 1.82) is 0 Å². The van der Waals surface area contributed by atoms with E-state index in [1.54, 1.807) is 14.1 Å². The first kappa shape index (κ1) is 21.2. The van der Waals surface area contributed by atoms with Crippen molar-refractivity contribution in [2.75, 3.05) is 30.0 Å². The van der Waals surface area contributed by atoms with E-state index in [0.29, 0.717) is 17.2 Å². The van der Waals surface area contributed by atoms with E-state index in [2.05, 4.69) is 20.3 Å². The highest BCUT2D eigenvalue weighted by atomic mass is 35.5. The van der Waals surface area contributed by atoms with Gasteiger partial charge >= 0.3 is 0 Å². The van der Waals surface area contributed by atoms with Gasteiger partial charge in [-0.05, 0) is 6.42 Å². The summed E-state index contributed by atoms with van der Waals surface area (Å²) in [4.78, 5) is 26.4. The zero-order chi connectivity index (χ0) is 20.8. The third-order valence-corrected chi connectivity index (χ3v) is 4.61. The normalized spacial score (nSPS) is 12.4. The van der Waals surface area contributed by atoms with Crippen molar-refractivity contribution in [2.24, 2.45) is 11.7 Å². The number of nitrogens with zero attached hydrogens (tertiary/aromatic N) is 4. The van der Waals surface area contributed by atoms with Gasteiger partial charge in [-0.15, -0.1) is 0 Å². The summed E-state index contributed by atoms with van der Waals surface area (Å²) in [5.74, 6) is 1.02. The summed E-state index contributed by atoms with van der Waals surface area (Å²) >= 11 is 6.29. The van der Waals surface area contributed by atoms with Crippen molar-refractivity contribution < 1.29 is 9.53 Å². The van der Waals surface area contributed by atoms with Gasteiger partial charge in [-0.2, -0.15) is 0 Å². The monoisotopic (exact) mass is 405 g/mol. The highest BCUT2D eigenvalue weighted by molar-refractivity contribution is 6.35. The Morgan fingerprint density at radius 3 is 2.61 bits per heavy atom. The molecule has 1 unspecified atom stereocenters. The molecule has 0 aromatic carbocycles. The second-order valence-electron chi connectivity index (χ2n) is 6.05. The lowest BCUT2D eigenvalue weighted by atomic mass is 10.1. The largest absolute Gasteiger partial charge is 0.450 e. The first-order chi connectivity index (χ1) is 13.3. The fraction of sp³-hybridized carbons (Fsp3) is 0.333. The summed E-state index contributed by atoms with van der Waals surface area (Å²) in [6.07, 6.45) is 6.32. The number of aromatic nitrogens is 3. The lowest BCUT2D eigenvalue weighted by Gasteiger charge is -2.19. The Bertz CT molecular complexity index is 871. The second-order valence-corrected chi connectivity index (χ2v) is 6.42. The molecule has 0 saturated heterocycles. The molecule has 9 nitrogen and oxygen atoms in total. The molecule has 1 atom stereocenters. The van der Waals surface area contributed by atoms with Crippen LogP contribution in [0, 0.1) is 5.92 Å². The van der Waals surface area contributed by atoms with E-state index in [0.717, 1.165) is 6.42 Å². The van der Waals surface area contributed by atoms with Crippen molar-refractivity contribution in [3.63, 3.8) is 0 Å². The molecule has 0 spiro atoms. The number of pyridine rings is 1. The molecule has 2 rings (SSSR count). The van der Waals surface area contributed by atoms with Crippen LogP contribution in [0.3, 0.4) is 0 Å². The molecule has 0 aliphatic heterocycles. The van der Waals surface area contributed by atoms with Crippen molar-refractivity contribution in [3.05, 3.63) is 35.5 Å². The SMILES string of the molecule is CCC(C)C(=O)N(C)c1cnc(/C(=C\N)Oc2cnc(N)c(NC)c2Cl)cn1. The number of carbonyl (C=O) groups excluding carboxylic acids is 1. The Kier molecular flexibility index (Phi) is 7.00. The lowest BCUT2D eigenvalue weighted by Crippen LogP contribution is -2.32. The molecule has 2 heterocycles. The van der Waals surface area contributed by atoms with Gasteiger partial charge in [0.15, 0.2) is 17.3 Å². The highest BCUT2D eigenvalue weighted by Crippen LogP contribution is 2.36. The van der Waals surface area contributed by atoms with E-state index in [9.17, 15) is 4.79 Å². The zero-order valence-electron chi connectivity index (χ0n) is 16.2. The van der Waals surface area contributed by atoms with Gasteiger partial charge in [0.05, 0.1) is 24.3 Å². The predicted octanol–water partition coefficient (Wildman–Crippen LogP) is 2.49. The minimum absolute atomic E-state index is 0.0327. The van der Waals surface area contributed by atoms with Gasteiger partial charge in [0.2, 0.25) is 5.91 Å². The molecular weight excluding hydrogens is 382 g/mol. The first-order valence-electron chi connectivity index (χ1n) is 8.65. The summed E-state index contributed by atoms with van der Waals surface area (Å²) < 4.78 is 5.74. The van der Waals surface area contributed by atoms with E-state index in [-0.39, 0.29) is 34.2 Å². The van der Waals surface area contributed by atoms with Gasteiger partial charge in [0.25, 0.3) is 0 Å². The number of carbonyl (C=O) groups is 1. The summed E-state index contributed by atoms with van der Waals surface area (Å²) in [6.45, 7) is 3.82. The van der Waals surface area contributed by atoms with Crippen LogP contribution in [-0.2, 0) is 4.79 Å². The van der Waals surface area contributed by atoms with Crippen molar-refractivity contribution in [2.45, 2.75) is 20.3 Å². The van der Waals surface area contributed by atoms with Crippen LogP contribution in [0.25, 0.3) is 5.76 Å². The third-order valence-electron chi connectivity index (χ3n) is 4.23. The number of ether oxygens (including phenoxy) is 1. The smallest absolute Gasteiger partial charge is 0.230 e. The zero-order valence-corrected chi connectivity index (χ0v) is 17.0. The average molecular weight is 406 g/mol. The second kappa shape index (κ2) is 9.23. The minimum atomic E-state index is -0.101. The van der Waals surface area contributed by atoms with E-state index in [4.69, 9.17) is 27.8 Å². The quantitative estimate of drug-likeness (QED) is 0.598. The number of nitrogens with two attached hydrogens (primary N) is 2. The van der Waals surface area contributed by atoms with E-state index in [1.807, 2.05) is 13.8 Å². The Balaban J connectivity index is 2.24. The number of nitrogens with one attached hydrogen (secondary N) is 1. The maximum Gasteiger partial charge on any atom is 0.230 e. The summed E-state index contributed by atoms with van der Waals surface area (Å²) in [5, 5.41) is 3.13. The Hall–Kier alpha value is -3.07. The van der Waals surface area contributed by atoms with Crippen LogP contribution in [-0.4, -0.2) is 35.0 Å². The van der Waals surface area contributed by atoms with Crippen LogP contribution in [0.2, 0.25) is 5.02 Å². The molecule has 28 heavy (non-hydrogen) atoms. The van der Waals surface area contributed by atoms with Gasteiger partial charge in [0, 0.05) is 26.2 Å². The van der Waals surface area contributed by atoms with E-state index in [1.165, 1.54) is 29.7 Å². The first-order valence-corrected chi connectivity index (χ1v) is 9.03. The van der Waals surface area contributed by atoms with Crippen LogP contribution < -0.4 is 26.4 Å². The molecule has 0 radical (unpaired) electrons. The Morgan fingerprint density at radius 1 is 1.36 bits per heavy atom. The van der Waals surface area contributed by atoms with Crippen LogP contribution in [0.15, 0.2) is 24.8 Å². The Labute approximate surface area is 168 Å². The van der Waals surface area contributed by atoms with Crippen LogP contribution >= 0.6 is 11.6 Å². The van der Waals surface area contributed by atoms with Gasteiger partial charge < -0.3 is 21.5 Å². The number of hydrogen-bond donors (Lipinski definition) is 3. The third kappa shape index (κ3) is 4.42. The van der Waals surface area contributed by atoms with Crippen LogP contribution in [0.1, 0.15) is 26.0 Å². The topological polar surface area (TPSA) is 132 Å². The van der Waals surface area contributed by atoms with Crippen molar-refractivity contribution in [1.82, 2.24) is 15.0 Å². The van der Waals surface area contributed by atoms with Gasteiger partial charge in [-0.25, -0.2) is 15.0 Å². The molecule has 2 aromatic rings. The van der Waals surface area contributed by atoms with Crippen molar-refractivity contribution in [3.8, 4) is 5.75 Å². The van der Waals surface area contributed by atoms with Crippen molar-refractivity contribution >= 4 is 40.6 Å². The molecule has 10 heteroatoms. The number of nitrogen functional groups attached to an aromatic ring is 1. The minimum Gasteiger partial charge on any atom is -0.450 e. The number of rotatable bonds is 7. The molecule has 150 valence electrons. The molecule has 5 N–H and O–H groups in total. The lowest BCUT2D eigenvalue weighted by molar-refractivity contribution is -0.121. The molecule has 1 amide bonds. The maximum absolute atomic E-state index is 12.3. The number of anilines is 3. The van der Waals surface area contributed by atoms with Crippen LogP contribution in [0.5, 0.6) is 5.75 Å². The molecule has 0 fully saturated rings. The summed E-state index contributed by atoms with van der Waals surface area (Å²) in [5.41, 5.74) is 12.3. The fourth-order valence-corrected chi connectivity index (χ4v) is 2.60. The summed E-state index contributed by atoms with van der Waals surface area (Å²) in [6, 6.07) is 0. The molecule has 2 aromatic heterocycles. The fourth-order valence-electron chi connectivity index (χ4n) is 2.32. The van der Waals surface area contributed by atoms with Gasteiger partial charge in [0.1, 0.15) is 16.5 Å². The molecular formula is C18H24ClN7O2. The number of amides is 1. The molecule has 0 aliphatic rings. The van der Waals surface area contributed by atoms with Crippen LogP contribution in [0.4, 0.5) is 17.3 Å². The maximum atomic E-state index is 12.3. The molecule has 0 aliphatic carbocycles. The number of hydrogen-bond acceptors (Lipinski definition) is 8. The van der Waals surface area contributed by atoms with Gasteiger partial charge in [-0.1, -0.05) is 25.4 Å². The van der Waals surface area contributed by atoms with Gasteiger partial charge in [-0.3, -0.25) is 9.69 Å². The molecule has 0 bridgehead atoms. The van der Waals surface area contributed by atoms with E-state index >= 15 is 0 Å².